The number of rotatable bonds is 7. The SMILES string of the molecule is O[C@@H](CNC1CCCC1)Cn1c(-c2ccccc2)c(-c2ccccc2)c2ccc3ccccc3c21. The summed E-state index contributed by atoms with van der Waals surface area (Å²) in [7, 11) is 0. The third-order valence-corrected chi connectivity index (χ3v) is 7.45. The summed E-state index contributed by atoms with van der Waals surface area (Å²) in [6.07, 6.45) is 4.55. The van der Waals surface area contributed by atoms with E-state index in [9.17, 15) is 5.11 Å². The van der Waals surface area contributed by atoms with Gasteiger partial charge in [0.1, 0.15) is 0 Å². The van der Waals surface area contributed by atoms with Gasteiger partial charge in [-0.1, -0.05) is 110 Å². The average molecular weight is 461 g/mol. The summed E-state index contributed by atoms with van der Waals surface area (Å²) in [5.74, 6) is 0. The number of hydrogen-bond donors (Lipinski definition) is 2. The van der Waals surface area contributed by atoms with Gasteiger partial charge in [0, 0.05) is 28.9 Å². The minimum Gasteiger partial charge on any atom is -0.390 e. The number of nitrogens with zero attached hydrogens (tertiary/aromatic N) is 1. The van der Waals surface area contributed by atoms with Crippen molar-refractivity contribution in [3.8, 4) is 22.4 Å². The van der Waals surface area contributed by atoms with Crippen LogP contribution in [0.15, 0.2) is 97.1 Å². The number of aromatic nitrogens is 1. The number of benzene rings is 4. The maximum Gasteiger partial charge on any atom is 0.0843 e. The Balaban J connectivity index is 1.56. The molecule has 35 heavy (non-hydrogen) atoms. The maximum atomic E-state index is 11.3. The van der Waals surface area contributed by atoms with Crippen LogP contribution < -0.4 is 5.32 Å². The summed E-state index contributed by atoms with van der Waals surface area (Å²) < 4.78 is 2.37. The van der Waals surface area contributed by atoms with E-state index in [1.165, 1.54) is 69.7 Å². The molecule has 1 fully saturated rings. The Morgan fingerprint density at radius 2 is 1.40 bits per heavy atom. The molecule has 1 saturated carbocycles. The Morgan fingerprint density at radius 1 is 0.743 bits per heavy atom. The van der Waals surface area contributed by atoms with Gasteiger partial charge in [-0.2, -0.15) is 0 Å². The summed E-state index contributed by atoms with van der Waals surface area (Å²) in [5.41, 5.74) is 5.96. The zero-order valence-electron chi connectivity index (χ0n) is 20.0. The van der Waals surface area contributed by atoms with Crippen LogP contribution in [0.1, 0.15) is 25.7 Å². The third kappa shape index (κ3) is 4.27. The first-order chi connectivity index (χ1) is 17.3. The number of aliphatic hydroxyl groups excluding tert-OH is 1. The van der Waals surface area contributed by atoms with Crippen molar-refractivity contribution in [2.45, 2.75) is 44.4 Å². The van der Waals surface area contributed by atoms with Crippen LogP contribution in [-0.2, 0) is 6.54 Å². The highest BCUT2D eigenvalue weighted by atomic mass is 16.3. The van der Waals surface area contributed by atoms with E-state index >= 15 is 0 Å². The molecular weight excluding hydrogens is 428 g/mol. The van der Waals surface area contributed by atoms with Crippen LogP contribution in [0.25, 0.3) is 44.1 Å². The van der Waals surface area contributed by atoms with E-state index in [2.05, 4.69) is 107 Å². The smallest absolute Gasteiger partial charge is 0.0843 e. The average Bonchev–Trinajstić information content (AvgIpc) is 3.55. The molecule has 0 spiro atoms. The van der Waals surface area contributed by atoms with Crippen molar-refractivity contribution in [2.24, 2.45) is 0 Å². The topological polar surface area (TPSA) is 37.2 Å². The van der Waals surface area contributed by atoms with E-state index in [0.29, 0.717) is 19.1 Å². The van der Waals surface area contributed by atoms with Crippen molar-refractivity contribution < 1.29 is 5.11 Å². The van der Waals surface area contributed by atoms with Gasteiger partial charge in [-0.25, -0.2) is 0 Å². The van der Waals surface area contributed by atoms with Crippen molar-refractivity contribution >= 4 is 21.7 Å². The lowest BCUT2D eigenvalue weighted by molar-refractivity contribution is 0.149. The van der Waals surface area contributed by atoms with Crippen LogP contribution in [0, 0.1) is 0 Å². The van der Waals surface area contributed by atoms with Gasteiger partial charge in [0.2, 0.25) is 0 Å². The van der Waals surface area contributed by atoms with E-state index in [1.54, 1.807) is 0 Å². The molecule has 0 unspecified atom stereocenters. The predicted molar refractivity (Wildman–Crippen MR) is 147 cm³/mol. The second kappa shape index (κ2) is 9.69. The van der Waals surface area contributed by atoms with Crippen molar-refractivity contribution in [1.82, 2.24) is 9.88 Å². The van der Waals surface area contributed by atoms with E-state index in [-0.39, 0.29) is 0 Å². The van der Waals surface area contributed by atoms with Crippen LogP contribution in [0.4, 0.5) is 0 Å². The standard InChI is InChI=1S/C32H32N2O/c35-27(21-33-26-16-8-9-17-26)22-34-31(25-14-5-2-6-15-25)30(24-12-3-1-4-13-24)29-20-19-23-11-7-10-18-28(23)32(29)34/h1-7,10-15,18-20,26-27,33,35H,8-9,16-17,21-22H2/t27-/m0/s1. The number of hydrogen-bond acceptors (Lipinski definition) is 2. The van der Waals surface area contributed by atoms with Crippen molar-refractivity contribution in [2.75, 3.05) is 6.54 Å². The Hall–Kier alpha value is -3.40. The molecular formula is C32H32N2O. The molecule has 1 aromatic heterocycles. The molecule has 0 radical (unpaired) electrons. The van der Waals surface area contributed by atoms with Gasteiger partial charge in [-0.3, -0.25) is 0 Å². The molecule has 4 aromatic carbocycles. The third-order valence-electron chi connectivity index (χ3n) is 7.45. The van der Waals surface area contributed by atoms with Crippen LogP contribution in [-0.4, -0.2) is 28.4 Å². The van der Waals surface area contributed by atoms with Gasteiger partial charge in [-0.05, 0) is 29.4 Å². The Morgan fingerprint density at radius 3 is 2.14 bits per heavy atom. The first kappa shape index (κ1) is 22.1. The van der Waals surface area contributed by atoms with Crippen LogP contribution in [0.2, 0.25) is 0 Å². The number of nitrogens with one attached hydrogen (secondary N) is 1. The Bertz CT molecular complexity index is 1430. The first-order valence-electron chi connectivity index (χ1n) is 12.9. The molecule has 1 aliphatic rings. The lowest BCUT2D eigenvalue weighted by Crippen LogP contribution is -2.36. The van der Waals surface area contributed by atoms with Gasteiger partial charge in [0.05, 0.1) is 23.9 Å². The maximum absolute atomic E-state index is 11.3. The fourth-order valence-corrected chi connectivity index (χ4v) is 5.81. The largest absolute Gasteiger partial charge is 0.390 e. The molecule has 2 N–H and O–H groups in total. The molecule has 0 bridgehead atoms. The Kier molecular flexibility index (Phi) is 6.12. The van der Waals surface area contributed by atoms with Gasteiger partial charge < -0.3 is 15.0 Å². The van der Waals surface area contributed by atoms with Crippen molar-refractivity contribution in [1.29, 1.82) is 0 Å². The lowest BCUT2D eigenvalue weighted by Gasteiger charge is -2.20. The molecule has 5 aromatic rings. The van der Waals surface area contributed by atoms with Crippen molar-refractivity contribution in [3.05, 3.63) is 97.1 Å². The zero-order chi connectivity index (χ0) is 23.6. The normalized spacial score (nSPS) is 15.2. The highest BCUT2D eigenvalue weighted by molar-refractivity contribution is 6.15. The molecule has 1 aliphatic carbocycles. The molecule has 0 aliphatic heterocycles. The highest BCUT2D eigenvalue weighted by Gasteiger charge is 2.23. The fraction of sp³-hybridized carbons (Fsp3) is 0.250. The number of aliphatic hydroxyl groups is 1. The minimum atomic E-state index is -0.476. The van der Waals surface area contributed by atoms with E-state index in [4.69, 9.17) is 0 Å². The summed E-state index contributed by atoms with van der Waals surface area (Å²) in [6, 6.07) is 34.9. The molecule has 3 heteroatoms. The van der Waals surface area contributed by atoms with Gasteiger partial charge in [0.25, 0.3) is 0 Å². The molecule has 0 amide bonds. The van der Waals surface area contributed by atoms with E-state index < -0.39 is 6.10 Å². The molecule has 1 atom stereocenters. The van der Waals surface area contributed by atoms with Crippen LogP contribution in [0.3, 0.4) is 0 Å². The van der Waals surface area contributed by atoms with Crippen LogP contribution in [0.5, 0.6) is 0 Å². The zero-order valence-corrected chi connectivity index (χ0v) is 20.0. The van der Waals surface area contributed by atoms with Gasteiger partial charge in [0.15, 0.2) is 0 Å². The van der Waals surface area contributed by atoms with Gasteiger partial charge >= 0.3 is 0 Å². The number of fused-ring (bicyclic) bond motifs is 3. The monoisotopic (exact) mass is 460 g/mol. The molecule has 176 valence electrons. The van der Waals surface area contributed by atoms with Gasteiger partial charge in [-0.15, -0.1) is 0 Å². The molecule has 0 saturated heterocycles. The summed E-state index contributed by atoms with van der Waals surface area (Å²) >= 11 is 0. The molecule has 1 heterocycles. The lowest BCUT2D eigenvalue weighted by atomic mass is 9.97. The quantitative estimate of drug-likeness (QED) is 0.274. The molecule has 6 rings (SSSR count). The summed E-state index contributed by atoms with van der Waals surface area (Å²) in [6.45, 7) is 1.16. The predicted octanol–water partition coefficient (Wildman–Crippen LogP) is 7.02. The van der Waals surface area contributed by atoms with E-state index in [1.807, 2.05) is 0 Å². The second-order valence-electron chi connectivity index (χ2n) is 9.79. The second-order valence-corrected chi connectivity index (χ2v) is 9.79. The minimum absolute atomic E-state index is 0.476. The highest BCUT2D eigenvalue weighted by Crippen LogP contribution is 2.43. The fourth-order valence-electron chi connectivity index (χ4n) is 5.81. The van der Waals surface area contributed by atoms with Crippen molar-refractivity contribution in [3.63, 3.8) is 0 Å². The summed E-state index contributed by atoms with van der Waals surface area (Å²) in [5, 5.41) is 18.6. The Labute approximate surface area is 207 Å². The van der Waals surface area contributed by atoms with Crippen LogP contribution >= 0.6 is 0 Å². The summed E-state index contributed by atoms with van der Waals surface area (Å²) in [4.78, 5) is 0. The van der Waals surface area contributed by atoms with E-state index in [0.717, 1.165) is 0 Å². The first-order valence-corrected chi connectivity index (χ1v) is 12.9. The molecule has 3 nitrogen and oxygen atoms in total.